The molecule has 0 saturated heterocycles. The van der Waals surface area contributed by atoms with Crippen molar-refractivity contribution < 1.29 is 4.79 Å². The maximum absolute atomic E-state index is 10.7. The molecule has 0 aromatic heterocycles. The standard InChI is InChI=1S/C11H16N2O/c1-9(13-10(2)14)12-8-11-6-4-3-5-7-11/h3-7,9,12H,8H2,1-2H3,(H,13,14). The Kier molecular flexibility index (Phi) is 4.13. The van der Waals surface area contributed by atoms with Crippen LogP contribution in [0, 0.1) is 0 Å². The molecule has 0 bridgehead atoms. The maximum Gasteiger partial charge on any atom is 0.218 e. The molecule has 14 heavy (non-hydrogen) atoms. The van der Waals surface area contributed by atoms with Crippen molar-refractivity contribution in [2.24, 2.45) is 0 Å². The molecule has 0 heterocycles. The summed E-state index contributed by atoms with van der Waals surface area (Å²) in [5, 5.41) is 5.96. The van der Waals surface area contributed by atoms with Crippen LogP contribution in [-0.4, -0.2) is 12.1 Å². The minimum Gasteiger partial charge on any atom is -0.341 e. The second kappa shape index (κ2) is 5.40. The summed E-state index contributed by atoms with van der Waals surface area (Å²) in [6.45, 7) is 4.20. The lowest BCUT2D eigenvalue weighted by atomic mass is 10.2. The highest BCUT2D eigenvalue weighted by Gasteiger charge is 2.01. The number of hydrogen-bond acceptors (Lipinski definition) is 2. The maximum atomic E-state index is 10.7. The fourth-order valence-corrected chi connectivity index (χ4v) is 1.22. The molecular formula is C11H16N2O. The first-order chi connectivity index (χ1) is 6.68. The summed E-state index contributed by atoms with van der Waals surface area (Å²) in [5.41, 5.74) is 1.21. The number of hydrogen-bond donors (Lipinski definition) is 2. The Morgan fingerprint density at radius 1 is 1.36 bits per heavy atom. The van der Waals surface area contributed by atoms with E-state index in [0.29, 0.717) is 0 Å². The molecule has 2 N–H and O–H groups in total. The Balaban J connectivity index is 2.30. The number of carbonyl (C=O) groups excluding carboxylic acids is 1. The molecule has 76 valence electrons. The smallest absolute Gasteiger partial charge is 0.218 e. The Bertz CT molecular complexity index is 285. The average Bonchev–Trinajstić information content (AvgIpc) is 2.15. The van der Waals surface area contributed by atoms with Crippen molar-refractivity contribution in [3.63, 3.8) is 0 Å². The van der Waals surface area contributed by atoms with E-state index in [9.17, 15) is 4.79 Å². The van der Waals surface area contributed by atoms with Crippen molar-refractivity contribution in [3.05, 3.63) is 35.9 Å². The van der Waals surface area contributed by atoms with Gasteiger partial charge in [0, 0.05) is 13.5 Å². The van der Waals surface area contributed by atoms with Crippen LogP contribution in [-0.2, 0) is 11.3 Å². The molecule has 0 spiro atoms. The van der Waals surface area contributed by atoms with Crippen molar-refractivity contribution in [1.82, 2.24) is 10.6 Å². The molecule has 1 amide bonds. The minimum atomic E-state index is -0.0157. The molecule has 1 rings (SSSR count). The summed E-state index contributed by atoms with van der Waals surface area (Å²) in [4.78, 5) is 10.7. The van der Waals surface area contributed by atoms with Crippen LogP contribution in [0.3, 0.4) is 0 Å². The summed E-state index contributed by atoms with van der Waals surface area (Å²) in [7, 11) is 0. The van der Waals surface area contributed by atoms with Gasteiger partial charge in [-0.2, -0.15) is 0 Å². The second-order valence-electron chi connectivity index (χ2n) is 3.29. The first-order valence-corrected chi connectivity index (χ1v) is 4.73. The largest absolute Gasteiger partial charge is 0.341 e. The zero-order valence-electron chi connectivity index (χ0n) is 8.58. The summed E-state index contributed by atoms with van der Waals surface area (Å²) in [6.07, 6.45) is 0.00714. The Morgan fingerprint density at radius 2 is 2.00 bits per heavy atom. The van der Waals surface area contributed by atoms with Crippen LogP contribution in [0.2, 0.25) is 0 Å². The highest BCUT2D eigenvalue weighted by Crippen LogP contribution is 1.97. The van der Waals surface area contributed by atoms with Crippen LogP contribution in [0.15, 0.2) is 30.3 Å². The van der Waals surface area contributed by atoms with E-state index in [4.69, 9.17) is 0 Å². The number of benzene rings is 1. The molecule has 3 heteroatoms. The molecule has 1 unspecified atom stereocenters. The predicted molar refractivity (Wildman–Crippen MR) is 56.6 cm³/mol. The van der Waals surface area contributed by atoms with Gasteiger partial charge in [0.05, 0.1) is 6.17 Å². The van der Waals surface area contributed by atoms with Gasteiger partial charge in [-0.3, -0.25) is 10.1 Å². The Labute approximate surface area is 84.5 Å². The molecular weight excluding hydrogens is 176 g/mol. The van der Waals surface area contributed by atoms with Gasteiger partial charge in [0.15, 0.2) is 0 Å². The molecule has 0 aliphatic heterocycles. The van der Waals surface area contributed by atoms with E-state index in [1.807, 2.05) is 37.3 Å². The van der Waals surface area contributed by atoms with Crippen LogP contribution in [0.1, 0.15) is 19.4 Å². The number of carbonyl (C=O) groups is 1. The van der Waals surface area contributed by atoms with Crippen molar-refractivity contribution in [2.75, 3.05) is 0 Å². The van der Waals surface area contributed by atoms with Crippen molar-refractivity contribution in [3.8, 4) is 0 Å². The summed E-state index contributed by atoms with van der Waals surface area (Å²) in [5.74, 6) is -0.0157. The van der Waals surface area contributed by atoms with Gasteiger partial charge in [-0.25, -0.2) is 0 Å². The van der Waals surface area contributed by atoms with Gasteiger partial charge >= 0.3 is 0 Å². The molecule has 0 aliphatic carbocycles. The zero-order chi connectivity index (χ0) is 10.4. The van der Waals surface area contributed by atoms with Crippen LogP contribution in [0.5, 0.6) is 0 Å². The zero-order valence-corrected chi connectivity index (χ0v) is 8.58. The van der Waals surface area contributed by atoms with Gasteiger partial charge in [-0.1, -0.05) is 30.3 Å². The topological polar surface area (TPSA) is 41.1 Å². The average molecular weight is 192 g/mol. The highest BCUT2D eigenvalue weighted by molar-refractivity contribution is 5.73. The quantitative estimate of drug-likeness (QED) is 0.705. The van der Waals surface area contributed by atoms with Crippen molar-refractivity contribution >= 4 is 5.91 Å². The van der Waals surface area contributed by atoms with Gasteiger partial charge in [0.1, 0.15) is 0 Å². The second-order valence-corrected chi connectivity index (χ2v) is 3.29. The fraction of sp³-hybridized carbons (Fsp3) is 0.364. The summed E-state index contributed by atoms with van der Waals surface area (Å²) < 4.78 is 0. The lowest BCUT2D eigenvalue weighted by Gasteiger charge is -2.14. The first kappa shape index (κ1) is 10.7. The third kappa shape index (κ3) is 4.05. The molecule has 1 aromatic carbocycles. The van der Waals surface area contributed by atoms with E-state index in [2.05, 4.69) is 10.6 Å². The predicted octanol–water partition coefficient (Wildman–Crippen LogP) is 1.26. The van der Waals surface area contributed by atoms with Crippen LogP contribution < -0.4 is 10.6 Å². The van der Waals surface area contributed by atoms with E-state index in [0.717, 1.165) is 6.54 Å². The summed E-state index contributed by atoms with van der Waals surface area (Å²) in [6, 6.07) is 10.1. The molecule has 3 nitrogen and oxygen atoms in total. The number of amides is 1. The molecule has 1 atom stereocenters. The first-order valence-electron chi connectivity index (χ1n) is 4.73. The van der Waals surface area contributed by atoms with Gasteiger partial charge in [0.2, 0.25) is 5.91 Å². The van der Waals surface area contributed by atoms with E-state index >= 15 is 0 Å². The van der Waals surface area contributed by atoms with Crippen molar-refractivity contribution in [2.45, 2.75) is 26.6 Å². The molecule has 0 fully saturated rings. The number of nitrogens with one attached hydrogen (secondary N) is 2. The molecule has 0 saturated carbocycles. The fourth-order valence-electron chi connectivity index (χ4n) is 1.22. The summed E-state index contributed by atoms with van der Waals surface area (Å²) >= 11 is 0. The van der Waals surface area contributed by atoms with E-state index in [1.165, 1.54) is 12.5 Å². The van der Waals surface area contributed by atoms with Gasteiger partial charge in [-0.05, 0) is 12.5 Å². The molecule has 0 aliphatic rings. The molecule has 1 aromatic rings. The van der Waals surface area contributed by atoms with Gasteiger partial charge < -0.3 is 5.32 Å². The monoisotopic (exact) mass is 192 g/mol. The highest BCUT2D eigenvalue weighted by atomic mass is 16.1. The van der Waals surface area contributed by atoms with Gasteiger partial charge in [0.25, 0.3) is 0 Å². The normalized spacial score (nSPS) is 12.1. The minimum absolute atomic E-state index is 0.00714. The lowest BCUT2D eigenvalue weighted by Crippen LogP contribution is -2.41. The van der Waals surface area contributed by atoms with Crippen LogP contribution in [0.25, 0.3) is 0 Å². The van der Waals surface area contributed by atoms with Gasteiger partial charge in [-0.15, -0.1) is 0 Å². The lowest BCUT2D eigenvalue weighted by molar-refractivity contribution is -0.119. The van der Waals surface area contributed by atoms with E-state index in [1.54, 1.807) is 0 Å². The van der Waals surface area contributed by atoms with Crippen molar-refractivity contribution in [1.29, 1.82) is 0 Å². The Morgan fingerprint density at radius 3 is 2.57 bits per heavy atom. The van der Waals surface area contributed by atoms with Crippen LogP contribution in [0.4, 0.5) is 0 Å². The third-order valence-electron chi connectivity index (χ3n) is 1.87. The molecule has 0 radical (unpaired) electrons. The third-order valence-corrected chi connectivity index (χ3v) is 1.87. The van der Waals surface area contributed by atoms with E-state index in [-0.39, 0.29) is 12.1 Å². The van der Waals surface area contributed by atoms with E-state index < -0.39 is 0 Å². The van der Waals surface area contributed by atoms with Crippen LogP contribution >= 0.6 is 0 Å². The number of rotatable bonds is 4. The SMILES string of the molecule is CC(=O)NC(C)NCc1ccccc1. The Hall–Kier alpha value is -1.35.